The van der Waals surface area contributed by atoms with Crippen LogP contribution in [0.15, 0.2) is 24.3 Å². The van der Waals surface area contributed by atoms with Gasteiger partial charge in [-0.1, -0.05) is 29.8 Å². The number of carbonyl (C=O) groups excluding carboxylic acids is 1. The zero-order chi connectivity index (χ0) is 14.3. The molecule has 1 heterocycles. The minimum atomic E-state index is -0.897. The number of benzene rings is 1. The molecule has 20 heavy (non-hydrogen) atoms. The molecule has 1 aromatic carbocycles. The number of rotatable bonds is 3. The molecule has 2 fully saturated rings. The molecule has 0 unspecified atom stereocenters. The second-order valence-electron chi connectivity index (χ2n) is 5.50. The van der Waals surface area contributed by atoms with Gasteiger partial charge in [-0.25, -0.2) is 4.79 Å². The van der Waals surface area contributed by atoms with Crippen LogP contribution in [0.4, 0.5) is 0 Å². The van der Waals surface area contributed by atoms with Crippen LogP contribution in [0.3, 0.4) is 0 Å². The number of carboxylic acids is 1. The Morgan fingerprint density at radius 1 is 1.30 bits per heavy atom. The van der Waals surface area contributed by atoms with E-state index in [2.05, 4.69) is 0 Å². The molecule has 0 radical (unpaired) electrons. The third-order valence-electron chi connectivity index (χ3n) is 4.23. The monoisotopic (exact) mass is 293 g/mol. The Kier molecular flexibility index (Phi) is 3.42. The van der Waals surface area contributed by atoms with Gasteiger partial charge in [0.25, 0.3) is 0 Å². The Balaban J connectivity index is 1.72. The molecule has 1 aliphatic carbocycles. The molecule has 1 amide bonds. The van der Waals surface area contributed by atoms with Crippen LogP contribution in [-0.2, 0) is 9.59 Å². The SMILES string of the molecule is O=C(O)[C@@H]1CCCN1C(=O)[C@@H]1C[C@@H]1c1ccccc1Cl. The van der Waals surface area contributed by atoms with E-state index in [4.69, 9.17) is 16.7 Å². The Morgan fingerprint density at radius 3 is 2.75 bits per heavy atom. The molecule has 4 nitrogen and oxygen atoms in total. The van der Waals surface area contributed by atoms with Gasteiger partial charge in [-0.2, -0.15) is 0 Å². The van der Waals surface area contributed by atoms with Gasteiger partial charge in [0.1, 0.15) is 6.04 Å². The van der Waals surface area contributed by atoms with Gasteiger partial charge in [-0.3, -0.25) is 4.79 Å². The van der Waals surface area contributed by atoms with Crippen LogP contribution in [0, 0.1) is 5.92 Å². The Hall–Kier alpha value is -1.55. The summed E-state index contributed by atoms with van der Waals surface area (Å²) in [6.07, 6.45) is 2.10. The van der Waals surface area contributed by atoms with Gasteiger partial charge in [0.05, 0.1) is 0 Å². The van der Waals surface area contributed by atoms with Gasteiger partial charge in [-0.15, -0.1) is 0 Å². The molecule has 2 aliphatic rings. The summed E-state index contributed by atoms with van der Waals surface area (Å²) in [6.45, 7) is 0.557. The molecule has 1 aliphatic heterocycles. The van der Waals surface area contributed by atoms with Crippen molar-refractivity contribution in [3.05, 3.63) is 34.9 Å². The molecule has 1 saturated heterocycles. The maximum absolute atomic E-state index is 12.4. The van der Waals surface area contributed by atoms with Gasteiger partial charge in [-0.05, 0) is 36.8 Å². The topological polar surface area (TPSA) is 57.6 Å². The average Bonchev–Trinajstić information content (AvgIpc) is 3.05. The maximum atomic E-state index is 12.4. The number of nitrogens with zero attached hydrogens (tertiary/aromatic N) is 1. The molecule has 0 bridgehead atoms. The summed E-state index contributed by atoms with van der Waals surface area (Å²) in [5.74, 6) is -0.883. The molecule has 1 aromatic rings. The molecule has 1 N–H and O–H groups in total. The molecule has 106 valence electrons. The van der Waals surface area contributed by atoms with E-state index >= 15 is 0 Å². The lowest BCUT2D eigenvalue weighted by Gasteiger charge is -2.21. The quantitative estimate of drug-likeness (QED) is 0.931. The summed E-state index contributed by atoms with van der Waals surface area (Å²) in [5.41, 5.74) is 0.999. The van der Waals surface area contributed by atoms with E-state index in [1.54, 1.807) is 0 Å². The summed E-state index contributed by atoms with van der Waals surface area (Å²) in [5, 5.41) is 9.83. The minimum Gasteiger partial charge on any atom is -0.480 e. The third-order valence-corrected chi connectivity index (χ3v) is 4.58. The van der Waals surface area contributed by atoms with E-state index < -0.39 is 12.0 Å². The first kappa shape index (κ1) is 13.4. The summed E-state index contributed by atoms with van der Waals surface area (Å²) in [7, 11) is 0. The maximum Gasteiger partial charge on any atom is 0.326 e. The van der Waals surface area contributed by atoms with Crippen molar-refractivity contribution in [3.63, 3.8) is 0 Å². The van der Waals surface area contributed by atoms with Gasteiger partial charge < -0.3 is 10.0 Å². The number of hydrogen-bond acceptors (Lipinski definition) is 2. The smallest absolute Gasteiger partial charge is 0.326 e. The molecular weight excluding hydrogens is 278 g/mol. The normalized spacial score (nSPS) is 28.4. The first-order chi connectivity index (χ1) is 9.59. The Morgan fingerprint density at radius 2 is 2.05 bits per heavy atom. The van der Waals surface area contributed by atoms with Crippen LogP contribution in [0.2, 0.25) is 5.02 Å². The van der Waals surface area contributed by atoms with Gasteiger partial charge in [0.2, 0.25) is 5.91 Å². The molecule has 1 saturated carbocycles. The van der Waals surface area contributed by atoms with Crippen molar-refractivity contribution in [1.29, 1.82) is 0 Å². The molecule has 3 atom stereocenters. The van der Waals surface area contributed by atoms with Crippen molar-refractivity contribution in [2.45, 2.75) is 31.2 Å². The number of aliphatic carboxylic acids is 1. The van der Waals surface area contributed by atoms with Crippen LogP contribution >= 0.6 is 11.6 Å². The molecule has 0 spiro atoms. The Bertz CT molecular complexity index is 560. The van der Waals surface area contributed by atoms with E-state index in [0.29, 0.717) is 18.0 Å². The van der Waals surface area contributed by atoms with Crippen LogP contribution in [-0.4, -0.2) is 34.5 Å². The standard InChI is InChI=1S/C15H16ClNO3/c16-12-5-2-1-4-9(12)10-8-11(10)14(18)17-7-3-6-13(17)15(19)20/h1-2,4-5,10-11,13H,3,6-8H2,(H,19,20)/t10-,11-,13+/m1/s1. The lowest BCUT2D eigenvalue weighted by Crippen LogP contribution is -2.41. The zero-order valence-corrected chi connectivity index (χ0v) is 11.7. The van der Waals surface area contributed by atoms with Crippen LogP contribution in [0.5, 0.6) is 0 Å². The van der Waals surface area contributed by atoms with E-state index in [0.717, 1.165) is 18.4 Å². The second-order valence-corrected chi connectivity index (χ2v) is 5.91. The van der Waals surface area contributed by atoms with Crippen LogP contribution in [0.25, 0.3) is 0 Å². The minimum absolute atomic E-state index is 0.0279. The van der Waals surface area contributed by atoms with Crippen molar-refractivity contribution in [3.8, 4) is 0 Å². The fraction of sp³-hybridized carbons (Fsp3) is 0.467. The molecule has 0 aromatic heterocycles. The van der Waals surface area contributed by atoms with Crippen LogP contribution in [0.1, 0.15) is 30.7 Å². The number of likely N-dealkylation sites (tertiary alicyclic amines) is 1. The summed E-state index contributed by atoms with van der Waals surface area (Å²) >= 11 is 6.15. The summed E-state index contributed by atoms with van der Waals surface area (Å²) in [4.78, 5) is 25.1. The first-order valence-electron chi connectivity index (χ1n) is 6.87. The first-order valence-corrected chi connectivity index (χ1v) is 7.25. The van der Waals surface area contributed by atoms with Gasteiger partial charge in [0, 0.05) is 17.5 Å². The Labute approximate surface area is 122 Å². The van der Waals surface area contributed by atoms with Gasteiger partial charge >= 0.3 is 5.97 Å². The van der Waals surface area contributed by atoms with Crippen molar-refractivity contribution < 1.29 is 14.7 Å². The molecule has 3 rings (SSSR count). The zero-order valence-electron chi connectivity index (χ0n) is 11.0. The van der Waals surface area contributed by atoms with Crippen molar-refractivity contribution in [2.75, 3.05) is 6.54 Å². The molecule has 5 heteroatoms. The highest BCUT2D eigenvalue weighted by atomic mass is 35.5. The highest BCUT2D eigenvalue weighted by Crippen LogP contribution is 2.50. The predicted octanol–water partition coefficient (Wildman–Crippen LogP) is 2.52. The summed E-state index contributed by atoms with van der Waals surface area (Å²) < 4.78 is 0. The van der Waals surface area contributed by atoms with Crippen molar-refractivity contribution in [2.24, 2.45) is 5.92 Å². The van der Waals surface area contributed by atoms with Crippen LogP contribution < -0.4 is 0 Å². The molecular formula is C15H16ClNO3. The fourth-order valence-electron chi connectivity index (χ4n) is 3.09. The number of carbonyl (C=O) groups is 2. The van der Waals surface area contributed by atoms with E-state index in [9.17, 15) is 9.59 Å². The summed E-state index contributed by atoms with van der Waals surface area (Å²) in [6, 6.07) is 6.91. The lowest BCUT2D eigenvalue weighted by atomic mass is 10.1. The predicted molar refractivity (Wildman–Crippen MR) is 74.7 cm³/mol. The fourth-order valence-corrected chi connectivity index (χ4v) is 3.36. The highest BCUT2D eigenvalue weighted by molar-refractivity contribution is 6.31. The number of carboxylic acid groups (broad SMARTS) is 1. The van der Waals surface area contributed by atoms with Crippen molar-refractivity contribution in [1.82, 2.24) is 4.90 Å². The van der Waals surface area contributed by atoms with Gasteiger partial charge in [0.15, 0.2) is 0 Å². The number of hydrogen-bond donors (Lipinski definition) is 1. The van der Waals surface area contributed by atoms with E-state index in [1.807, 2.05) is 24.3 Å². The number of amides is 1. The third kappa shape index (κ3) is 2.29. The highest BCUT2D eigenvalue weighted by Gasteiger charge is 2.49. The average molecular weight is 294 g/mol. The number of halogens is 1. The second kappa shape index (κ2) is 5.09. The lowest BCUT2D eigenvalue weighted by molar-refractivity contribution is -0.148. The largest absolute Gasteiger partial charge is 0.480 e. The van der Waals surface area contributed by atoms with E-state index in [1.165, 1.54) is 4.90 Å². The van der Waals surface area contributed by atoms with Crippen molar-refractivity contribution >= 4 is 23.5 Å². The van der Waals surface area contributed by atoms with E-state index in [-0.39, 0.29) is 17.7 Å².